The molecule has 1 saturated heterocycles. The lowest BCUT2D eigenvalue weighted by Crippen LogP contribution is -2.48. The fourth-order valence-electron chi connectivity index (χ4n) is 1.87. The second-order valence-electron chi connectivity index (χ2n) is 4.58. The Morgan fingerprint density at radius 1 is 1.37 bits per heavy atom. The van der Waals surface area contributed by atoms with Crippen LogP contribution in [0.25, 0.3) is 0 Å². The topological polar surface area (TPSA) is 50.4 Å². The van der Waals surface area contributed by atoms with Crippen molar-refractivity contribution in [3.63, 3.8) is 0 Å². The number of carbonyl (C=O) groups excluding carboxylic acids is 1. The van der Waals surface area contributed by atoms with E-state index in [-0.39, 0.29) is 18.3 Å². The Hall–Kier alpha value is -1.26. The summed E-state index contributed by atoms with van der Waals surface area (Å²) in [4.78, 5) is 11.7. The molecule has 0 aromatic heterocycles. The number of halogens is 1. The first kappa shape index (κ1) is 15.8. The van der Waals surface area contributed by atoms with E-state index in [0.717, 1.165) is 30.9 Å². The van der Waals surface area contributed by atoms with Crippen LogP contribution >= 0.6 is 12.4 Å². The molecule has 1 aromatic carbocycles. The third kappa shape index (κ3) is 5.09. The first-order valence-corrected chi connectivity index (χ1v) is 6.47. The van der Waals surface area contributed by atoms with Gasteiger partial charge in [-0.3, -0.25) is 4.79 Å². The molecule has 106 valence electrons. The van der Waals surface area contributed by atoms with Gasteiger partial charge in [0.25, 0.3) is 0 Å². The lowest BCUT2D eigenvalue weighted by Gasteiger charge is -2.27. The van der Waals surface area contributed by atoms with Crippen molar-refractivity contribution in [2.24, 2.45) is 5.92 Å². The Balaban J connectivity index is 0.00000180. The summed E-state index contributed by atoms with van der Waals surface area (Å²) in [6.45, 7) is 5.43. The molecule has 5 heteroatoms. The molecular weight excluding hydrogens is 264 g/mol. The van der Waals surface area contributed by atoms with E-state index in [9.17, 15) is 4.79 Å². The largest absolute Gasteiger partial charge is 0.494 e. The molecule has 2 rings (SSSR count). The first-order valence-electron chi connectivity index (χ1n) is 6.47. The molecule has 0 unspecified atom stereocenters. The van der Waals surface area contributed by atoms with Gasteiger partial charge >= 0.3 is 0 Å². The SMILES string of the molecule is CCOc1ccc(CC(=O)NCC2CNC2)cc1.Cl. The molecule has 1 amide bonds. The normalized spacial score (nSPS) is 14.2. The van der Waals surface area contributed by atoms with Gasteiger partial charge in [-0.1, -0.05) is 12.1 Å². The van der Waals surface area contributed by atoms with E-state index >= 15 is 0 Å². The fraction of sp³-hybridized carbons (Fsp3) is 0.500. The van der Waals surface area contributed by atoms with E-state index in [1.54, 1.807) is 0 Å². The second kappa shape index (κ2) is 8.02. The van der Waals surface area contributed by atoms with Gasteiger partial charge in [0.2, 0.25) is 5.91 Å². The molecule has 0 radical (unpaired) electrons. The highest BCUT2D eigenvalue weighted by Crippen LogP contribution is 2.12. The predicted octanol–water partition coefficient (Wildman–Crippen LogP) is 1.39. The van der Waals surface area contributed by atoms with Crippen LogP contribution in [0.1, 0.15) is 12.5 Å². The molecule has 2 N–H and O–H groups in total. The van der Waals surface area contributed by atoms with E-state index in [0.29, 0.717) is 18.9 Å². The highest BCUT2D eigenvalue weighted by Gasteiger charge is 2.17. The lowest BCUT2D eigenvalue weighted by atomic mass is 10.0. The van der Waals surface area contributed by atoms with Gasteiger partial charge in [-0.2, -0.15) is 0 Å². The third-order valence-corrected chi connectivity index (χ3v) is 3.05. The summed E-state index contributed by atoms with van der Waals surface area (Å²) in [5, 5.41) is 6.15. The number of rotatable bonds is 6. The molecule has 0 aliphatic carbocycles. The van der Waals surface area contributed by atoms with Crippen molar-refractivity contribution < 1.29 is 9.53 Å². The minimum Gasteiger partial charge on any atom is -0.494 e. The van der Waals surface area contributed by atoms with E-state index < -0.39 is 0 Å². The average molecular weight is 285 g/mol. The molecule has 1 aliphatic rings. The molecule has 0 saturated carbocycles. The predicted molar refractivity (Wildman–Crippen MR) is 77.9 cm³/mol. The number of nitrogens with one attached hydrogen (secondary N) is 2. The number of ether oxygens (including phenoxy) is 1. The number of hydrogen-bond donors (Lipinski definition) is 2. The standard InChI is InChI=1S/C14H20N2O2.ClH/c1-2-18-13-5-3-11(4-6-13)7-14(17)16-10-12-8-15-9-12;/h3-6,12,15H,2,7-10H2,1H3,(H,16,17);1H. The monoisotopic (exact) mass is 284 g/mol. The Labute approximate surface area is 120 Å². The highest BCUT2D eigenvalue weighted by molar-refractivity contribution is 5.85. The van der Waals surface area contributed by atoms with E-state index in [1.807, 2.05) is 31.2 Å². The van der Waals surface area contributed by atoms with Crippen LogP contribution in [0.3, 0.4) is 0 Å². The smallest absolute Gasteiger partial charge is 0.224 e. The maximum absolute atomic E-state index is 11.7. The molecule has 0 spiro atoms. The van der Waals surface area contributed by atoms with Crippen LogP contribution in [0.4, 0.5) is 0 Å². The van der Waals surface area contributed by atoms with Crippen molar-refractivity contribution in [3.05, 3.63) is 29.8 Å². The molecule has 1 heterocycles. The number of amides is 1. The summed E-state index contributed by atoms with van der Waals surface area (Å²) in [5.74, 6) is 1.54. The van der Waals surface area contributed by atoms with Gasteiger partial charge < -0.3 is 15.4 Å². The fourth-order valence-corrected chi connectivity index (χ4v) is 1.87. The van der Waals surface area contributed by atoms with Gasteiger partial charge in [-0.15, -0.1) is 12.4 Å². The Kier molecular flexibility index (Phi) is 6.67. The van der Waals surface area contributed by atoms with Crippen LogP contribution < -0.4 is 15.4 Å². The van der Waals surface area contributed by atoms with Crippen molar-refractivity contribution in [2.45, 2.75) is 13.3 Å². The van der Waals surface area contributed by atoms with Crippen LogP contribution in [0.15, 0.2) is 24.3 Å². The Morgan fingerprint density at radius 3 is 2.58 bits per heavy atom. The molecule has 0 atom stereocenters. The van der Waals surface area contributed by atoms with Crippen LogP contribution in [0, 0.1) is 5.92 Å². The molecule has 1 fully saturated rings. The van der Waals surface area contributed by atoms with Crippen molar-refractivity contribution in [1.29, 1.82) is 0 Å². The van der Waals surface area contributed by atoms with Crippen molar-refractivity contribution >= 4 is 18.3 Å². The maximum Gasteiger partial charge on any atom is 0.224 e. The van der Waals surface area contributed by atoms with Gasteiger partial charge in [0.1, 0.15) is 5.75 Å². The quantitative estimate of drug-likeness (QED) is 0.830. The first-order chi connectivity index (χ1) is 8.78. The van der Waals surface area contributed by atoms with Crippen LogP contribution in [0.2, 0.25) is 0 Å². The summed E-state index contributed by atoms with van der Waals surface area (Å²) in [5.41, 5.74) is 1.02. The van der Waals surface area contributed by atoms with E-state index in [2.05, 4.69) is 10.6 Å². The van der Waals surface area contributed by atoms with Crippen molar-refractivity contribution in [2.75, 3.05) is 26.2 Å². The van der Waals surface area contributed by atoms with Crippen molar-refractivity contribution in [1.82, 2.24) is 10.6 Å². The van der Waals surface area contributed by atoms with Crippen LogP contribution in [-0.2, 0) is 11.2 Å². The molecule has 0 bridgehead atoms. The summed E-state index contributed by atoms with van der Waals surface area (Å²) in [6.07, 6.45) is 0.437. The van der Waals surface area contributed by atoms with Crippen molar-refractivity contribution in [3.8, 4) is 5.75 Å². The van der Waals surface area contributed by atoms with Gasteiger partial charge in [0, 0.05) is 25.6 Å². The molecule has 19 heavy (non-hydrogen) atoms. The lowest BCUT2D eigenvalue weighted by molar-refractivity contribution is -0.120. The van der Waals surface area contributed by atoms with Gasteiger partial charge in [0.15, 0.2) is 0 Å². The number of benzene rings is 1. The molecular formula is C14H21ClN2O2. The summed E-state index contributed by atoms with van der Waals surface area (Å²) in [6, 6.07) is 7.69. The summed E-state index contributed by atoms with van der Waals surface area (Å²) < 4.78 is 5.36. The van der Waals surface area contributed by atoms with Gasteiger partial charge in [0.05, 0.1) is 13.0 Å². The highest BCUT2D eigenvalue weighted by atomic mass is 35.5. The average Bonchev–Trinajstić information content (AvgIpc) is 2.30. The van der Waals surface area contributed by atoms with Gasteiger partial charge in [-0.25, -0.2) is 0 Å². The second-order valence-corrected chi connectivity index (χ2v) is 4.58. The van der Waals surface area contributed by atoms with E-state index in [4.69, 9.17) is 4.74 Å². The van der Waals surface area contributed by atoms with Crippen LogP contribution in [0.5, 0.6) is 5.75 Å². The minimum absolute atomic E-state index is 0. The van der Waals surface area contributed by atoms with Crippen LogP contribution in [-0.4, -0.2) is 32.1 Å². The zero-order chi connectivity index (χ0) is 12.8. The Bertz CT molecular complexity index is 391. The zero-order valence-electron chi connectivity index (χ0n) is 11.1. The minimum atomic E-state index is 0. The zero-order valence-corrected chi connectivity index (χ0v) is 12.0. The third-order valence-electron chi connectivity index (χ3n) is 3.05. The molecule has 1 aliphatic heterocycles. The van der Waals surface area contributed by atoms with Gasteiger partial charge in [-0.05, 0) is 24.6 Å². The number of carbonyl (C=O) groups is 1. The maximum atomic E-state index is 11.7. The molecule has 4 nitrogen and oxygen atoms in total. The summed E-state index contributed by atoms with van der Waals surface area (Å²) >= 11 is 0. The van der Waals surface area contributed by atoms with E-state index in [1.165, 1.54) is 0 Å². The molecule has 1 aromatic rings. The Morgan fingerprint density at radius 2 is 2.05 bits per heavy atom. The summed E-state index contributed by atoms with van der Waals surface area (Å²) in [7, 11) is 0. The number of hydrogen-bond acceptors (Lipinski definition) is 3.